The number of aliphatic carboxylic acids is 1. The van der Waals surface area contributed by atoms with Gasteiger partial charge in [0.2, 0.25) is 0 Å². The molecule has 20 heavy (non-hydrogen) atoms. The van der Waals surface area contributed by atoms with E-state index in [0.29, 0.717) is 6.42 Å². The number of benzene rings is 1. The van der Waals surface area contributed by atoms with Crippen molar-refractivity contribution in [1.29, 1.82) is 0 Å². The smallest absolute Gasteiger partial charge is 0.320 e. The zero-order chi connectivity index (χ0) is 15.0. The number of aliphatic hydroxyl groups is 1. The van der Waals surface area contributed by atoms with Crippen molar-refractivity contribution < 1.29 is 15.0 Å². The molecular weight excluding hydrogens is 254 g/mol. The van der Waals surface area contributed by atoms with Crippen LogP contribution in [0.1, 0.15) is 50.3 Å². The van der Waals surface area contributed by atoms with E-state index in [9.17, 15) is 9.90 Å². The summed E-state index contributed by atoms with van der Waals surface area (Å²) in [6, 6.07) is 7.19. The van der Waals surface area contributed by atoms with Crippen molar-refractivity contribution in [3.8, 4) is 0 Å². The van der Waals surface area contributed by atoms with E-state index in [1.807, 2.05) is 31.2 Å². The number of hydrogen-bond donors (Lipinski definition) is 3. The first-order chi connectivity index (χ1) is 9.58. The van der Waals surface area contributed by atoms with Gasteiger partial charge in [0, 0.05) is 6.54 Å². The monoisotopic (exact) mass is 279 g/mol. The summed E-state index contributed by atoms with van der Waals surface area (Å²) in [5.74, 6) is -0.855. The Morgan fingerprint density at radius 1 is 1.25 bits per heavy atom. The van der Waals surface area contributed by atoms with Gasteiger partial charge in [-0.15, -0.1) is 0 Å². The molecule has 0 bridgehead atoms. The highest BCUT2D eigenvalue weighted by Crippen LogP contribution is 2.14. The number of unbranched alkanes of at least 4 members (excludes halogenated alkanes) is 1. The maximum atomic E-state index is 11.1. The third kappa shape index (κ3) is 5.31. The average Bonchev–Trinajstić information content (AvgIpc) is 2.46. The molecule has 2 unspecified atom stereocenters. The van der Waals surface area contributed by atoms with E-state index in [1.54, 1.807) is 0 Å². The lowest BCUT2D eigenvalue weighted by atomic mass is 10.0. The number of carbonyl (C=O) groups is 1. The van der Waals surface area contributed by atoms with Crippen LogP contribution in [0.15, 0.2) is 24.3 Å². The summed E-state index contributed by atoms with van der Waals surface area (Å²) < 4.78 is 0. The quantitative estimate of drug-likeness (QED) is 0.649. The minimum absolute atomic E-state index is 0.256. The van der Waals surface area contributed by atoms with Crippen LogP contribution in [0.2, 0.25) is 0 Å². The Bertz CT molecular complexity index is 403. The Morgan fingerprint density at radius 2 is 1.90 bits per heavy atom. The second-order valence-electron chi connectivity index (χ2n) is 5.05. The minimum Gasteiger partial charge on any atom is -0.480 e. The Hall–Kier alpha value is -1.39. The Labute approximate surface area is 120 Å². The predicted octanol–water partition coefficient (Wildman–Crippen LogP) is 2.52. The molecule has 0 fully saturated rings. The van der Waals surface area contributed by atoms with Gasteiger partial charge in [-0.05, 0) is 24.0 Å². The van der Waals surface area contributed by atoms with E-state index in [0.717, 1.165) is 24.8 Å². The molecular formula is C16H25NO3. The normalized spacial score (nSPS) is 13.9. The van der Waals surface area contributed by atoms with Crippen LogP contribution >= 0.6 is 0 Å². The van der Waals surface area contributed by atoms with Gasteiger partial charge in [-0.3, -0.25) is 4.79 Å². The molecule has 3 N–H and O–H groups in total. The first kappa shape index (κ1) is 16.7. The SMILES string of the molecule is CCCCC(NCC(O)c1ccc(CC)cc1)C(=O)O. The maximum Gasteiger partial charge on any atom is 0.320 e. The summed E-state index contributed by atoms with van der Waals surface area (Å²) in [6.45, 7) is 4.37. The molecule has 0 aliphatic carbocycles. The fourth-order valence-electron chi connectivity index (χ4n) is 2.07. The summed E-state index contributed by atoms with van der Waals surface area (Å²) >= 11 is 0. The van der Waals surface area contributed by atoms with Crippen LogP contribution in [-0.2, 0) is 11.2 Å². The highest BCUT2D eigenvalue weighted by atomic mass is 16.4. The second kappa shape index (κ2) is 8.72. The number of aryl methyl sites for hydroxylation is 1. The third-order valence-corrected chi connectivity index (χ3v) is 3.47. The molecule has 0 aromatic heterocycles. The molecule has 0 saturated carbocycles. The van der Waals surface area contributed by atoms with E-state index in [2.05, 4.69) is 12.2 Å². The Kier molecular flexibility index (Phi) is 7.26. The van der Waals surface area contributed by atoms with Crippen LogP contribution in [-0.4, -0.2) is 28.8 Å². The average molecular weight is 279 g/mol. The number of hydrogen-bond acceptors (Lipinski definition) is 3. The third-order valence-electron chi connectivity index (χ3n) is 3.47. The van der Waals surface area contributed by atoms with Gasteiger partial charge in [0.1, 0.15) is 6.04 Å². The second-order valence-corrected chi connectivity index (χ2v) is 5.05. The zero-order valence-electron chi connectivity index (χ0n) is 12.3. The first-order valence-electron chi connectivity index (χ1n) is 7.31. The number of nitrogens with one attached hydrogen (secondary N) is 1. The lowest BCUT2D eigenvalue weighted by Crippen LogP contribution is -2.39. The Balaban J connectivity index is 2.51. The summed E-state index contributed by atoms with van der Waals surface area (Å²) in [5, 5.41) is 22.1. The predicted molar refractivity (Wildman–Crippen MR) is 79.7 cm³/mol. The maximum absolute atomic E-state index is 11.1. The molecule has 1 aromatic carbocycles. The molecule has 0 amide bonds. The standard InChI is InChI=1S/C16H25NO3/c1-3-5-6-14(16(19)20)17-11-15(18)13-9-7-12(4-2)8-10-13/h7-10,14-15,17-18H,3-6,11H2,1-2H3,(H,19,20). The van der Waals surface area contributed by atoms with Gasteiger partial charge in [0.25, 0.3) is 0 Å². The molecule has 1 aromatic rings. The summed E-state index contributed by atoms with van der Waals surface area (Å²) in [4.78, 5) is 11.1. The molecule has 1 rings (SSSR count). The highest BCUT2D eigenvalue weighted by molar-refractivity contribution is 5.73. The van der Waals surface area contributed by atoms with Crippen LogP contribution in [0.5, 0.6) is 0 Å². The molecule has 0 spiro atoms. The van der Waals surface area contributed by atoms with Crippen LogP contribution in [0.4, 0.5) is 0 Å². The zero-order valence-corrected chi connectivity index (χ0v) is 12.3. The fourth-order valence-corrected chi connectivity index (χ4v) is 2.07. The van der Waals surface area contributed by atoms with Gasteiger partial charge >= 0.3 is 5.97 Å². The van der Waals surface area contributed by atoms with Crippen molar-refractivity contribution in [3.63, 3.8) is 0 Å². The number of aliphatic hydroxyl groups excluding tert-OH is 1. The number of rotatable bonds is 9. The van der Waals surface area contributed by atoms with E-state index >= 15 is 0 Å². The van der Waals surface area contributed by atoms with E-state index < -0.39 is 18.1 Å². The highest BCUT2D eigenvalue weighted by Gasteiger charge is 2.17. The summed E-state index contributed by atoms with van der Waals surface area (Å²) in [5.41, 5.74) is 2.04. The molecule has 0 aliphatic rings. The van der Waals surface area contributed by atoms with Crippen molar-refractivity contribution in [1.82, 2.24) is 5.32 Å². The summed E-state index contributed by atoms with van der Waals surface area (Å²) in [6.07, 6.45) is 2.71. The molecule has 4 nitrogen and oxygen atoms in total. The van der Waals surface area contributed by atoms with Crippen LogP contribution in [0.25, 0.3) is 0 Å². The van der Waals surface area contributed by atoms with Crippen LogP contribution in [0.3, 0.4) is 0 Å². The molecule has 2 atom stereocenters. The fraction of sp³-hybridized carbons (Fsp3) is 0.562. The van der Waals surface area contributed by atoms with Gasteiger partial charge in [-0.2, -0.15) is 0 Å². The van der Waals surface area contributed by atoms with Gasteiger partial charge in [0.15, 0.2) is 0 Å². The van der Waals surface area contributed by atoms with Crippen LogP contribution in [0, 0.1) is 0 Å². The largest absolute Gasteiger partial charge is 0.480 e. The van der Waals surface area contributed by atoms with Crippen molar-refractivity contribution in [2.45, 2.75) is 51.7 Å². The lowest BCUT2D eigenvalue weighted by molar-refractivity contribution is -0.139. The van der Waals surface area contributed by atoms with E-state index in [-0.39, 0.29) is 6.54 Å². The molecule has 0 radical (unpaired) electrons. The van der Waals surface area contributed by atoms with E-state index in [4.69, 9.17) is 5.11 Å². The Morgan fingerprint density at radius 3 is 2.40 bits per heavy atom. The van der Waals surface area contributed by atoms with Gasteiger partial charge < -0.3 is 15.5 Å². The lowest BCUT2D eigenvalue weighted by Gasteiger charge is -2.17. The van der Waals surface area contributed by atoms with Crippen molar-refractivity contribution in [2.75, 3.05) is 6.54 Å². The summed E-state index contributed by atoms with van der Waals surface area (Å²) in [7, 11) is 0. The molecule has 0 heterocycles. The topological polar surface area (TPSA) is 69.6 Å². The molecule has 112 valence electrons. The first-order valence-corrected chi connectivity index (χ1v) is 7.31. The van der Waals surface area contributed by atoms with Crippen LogP contribution < -0.4 is 5.32 Å². The van der Waals surface area contributed by atoms with Gasteiger partial charge in [-0.25, -0.2) is 0 Å². The molecule has 0 saturated heterocycles. The van der Waals surface area contributed by atoms with Gasteiger partial charge in [0.05, 0.1) is 6.10 Å². The molecule has 4 heteroatoms. The molecule has 0 aliphatic heterocycles. The minimum atomic E-state index is -0.855. The van der Waals surface area contributed by atoms with Crippen molar-refractivity contribution >= 4 is 5.97 Å². The van der Waals surface area contributed by atoms with Gasteiger partial charge in [-0.1, -0.05) is 51.0 Å². The van der Waals surface area contributed by atoms with E-state index in [1.165, 1.54) is 5.56 Å². The number of carboxylic acids is 1. The van der Waals surface area contributed by atoms with Crippen molar-refractivity contribution in [3.05, 3.63) is 35.4 Å². The van der Waals surface area contributed by atoms with Crippen molar-refractivity contribution in [2.24, 2.45) is 0 Å². The number of carboxylic acid groups (broad SMARTS) is 1.